The molecule has 0 aliphatic rings. The van der Waals surface area contributed by atoms with Crippen LogP contribution in [0.5, 0.6) is 0 Å². The SMILES string of the molecule is C=C/C(=C\N=C)c1cc(C(N)CC)cc(C(C)(C)C)c1.O=CO. The van der Waals surface area contributed by atoms with Gasteiger partial charge in [0.1, 0.15) is 0 Å². The summed E-state index contributed by atoms with van der Waals surface area (Å²) in [5.41, 5.74) is 10.8. The van der Waals surface area contributed by atoms with Crippen LogP contribution < -0.4 is 5.73 Å². The van der Waals surface area contributed by atoms with Crippen LogP contribution in [0, 0.1) is 0 Å². The fourth-order valence-corrected chi connectivity index (χ4v) is 2.04. The molecule has 0 spiro atoms. The molecular formula is C19H28N2O2. The van der Waals surface area contributed by atoms with Crippen molar-refractivity contribution in [3.63, 3.8) is 0 Å². The molecule has 1 atom stereocenters. The largest absolute Gasteiger partial charge is 0.483 e. The van der Waals surface area contributed by atoms with E-state index in [-0.39, 0.29) is 17.9 Å². The van der Waals surface area contributed by atoms with Gasteiger partial charge in [-0.3, -0.25) is 9.79 Å². The van der Waals surface area contributed by atoms with E-state index in [2.05, 4.69) is 64.2 Å². The monoisotopic (exact) mass is 316 g/mol. The van der Waals surface area contributed by atoms with Gasteiger partial charge in [-0.05, 0) is 46.9 Å². The molecule has 0 bridgehead atoms. The van der Waals surface area contributed by atoms with Crippen LogP contribution in [-0.4, -0.2) is 18.3 Å². The maximum atomic E-state index is 8.36. The first kappa shape index (κ1) is 20.8. The van der Waals surface area contributed by atoms with Gasteiger partial charge >= 0.3 is 0 Å². The molecular weight excluding hydrogens is 288 g/mol. The Morgan fingerprint density at radius 3 is 2.35 bits per heavy atom. The summed E-state index contributed by atoms with van der Waals surface area (Å²) in [4.78, 5) is 12.2. The highest BCUT2D eigenvalue weighted by atomic mass is 16.3. The smallest absolute Gasteiger partial charge is 0.290 e. The summed E-state index contributed by atoms with van der Waals surface area (Å²) in [7, 11) is 0. The summed E-state index contributed by atoms with van der Waals surface area (Å²) in [6.07, 6.45) is 4.45. The predicted octanol–water partition coefficient (Wildman–Crippen LogP) is 4.32. The number of carbonyl (C=O) groups is 1. The van der Waals surface area contributed by atoms with E-state index in [1.165, 1.54) is 5.56 Å². The number of rotatable bonds is 5. The molecule has 0 saturated carbocycles. The molecule has 1 aromatic rings. The number of hydrogen-bond donors (Lipinski definition) is 2. The molecule has 1 aromatic carbocycles. The van der Waals surface area contributed by atoms with E-state index in [9.17, 15) is 0 Å². The van der Waals surface area contributed by atoms with Gasteiger partial charge in [0.25, 0.3) is 6.47 Å². The zero-order chi connectivity index (χ0) is 18.0. The van der Waals surface area contributed by atoms with Crippen molar-refractivity contribution in [2.24, 2.45) is 10.7 Å². The summed E-state index contributed by atoms with van der Waals surface area (Å²) >= 11 is 0. The topological polar surface area (TPSA) is 75.7 Å². The van der Waals surface area contributed by atoms with E-state index >= 15 is 0 Å². The Bertz CT molecular complexity index is 569. The van der Waals surface area contributed by atoms with E-state index in [0.29, 0.717) is 0 Å². The zero-order valence-corrected chi connectivity index (χ0v) is 14.5. The van der Waals surface area contributed by atoms with Gasteiger partial charge < -0.3 is 10.8 Å². The number of benzene rings is 1. The zero-order valence-electron chi connectivity index (χ0n) is 14.5. The van der Waals surface area contributed by atoms with Gasteiger partial charge in [0, 0.05) is 12.2 Å². The van der Waals surface area contributed by atoms with Crippen molar-refractivity contribution in [3.05, 3.63) is 53.7 Å². The highest BCUT2D eigenvalue weighted by Gasteiger charge is 2.17. The third kappa shape index (κ3) is 6.61. The van der Waals surface area contributed by atoms with E-state index in [0.717, 1.165) is 23.1 Å². The van der Waals surface area contributed by atoms with Crippen molar-refractivity contribution in [2.45, 2.75) is 45.6 Å². The van der Waals surface area contributed by atoms with Crippen LogP contribution >= 0.6 is 0 Å². The summed E-state index contributed by atoms with van der Waals surface area (Å²) in [6, 6.07) is 6.57. The Balaban J connectivity index is 0.00000149. The van der Waals surface area contributed by atoms with Crippen molar-refractivity contribution in [3.8, 4) is 0 Å². The van der Waals surface area contributed by atoms with Gasteiger partial charge in [0.05, 0.1) is 0 Å². The van der Waals surface area contributed by atoms with Crippen molar-refractivity contribution in [1.82, 2.24) is 0 Å². The second-order valence-electron chi connectivity index (χ2n) is 6.18. The fraction of sp³-hybridized carbons (Fsp3) is 0.368. The van der Waals surface area contributed by atoms with Crippen molar-refractivity contribution < 1.29 is 9.90 Å². The number of nitrogens with two attached hydrogens (primary N) is 1. The van der Waals surface area contributed by atoms with E-state index in [1.807, 2.05) is 0 Å². The molecule has 0 aliphatic heterocycles. The Hall–Kier alpha value is -2.20. The van der Waals surface area contributed by atoms with Gasteiger partial charge in [0.15, 0.2) is 0 Å². The lowest BCUT2D eigenvalue weighted by Crippen LogP contribution is -2.15. The number of allylic oxidation sites excluding steroid dienone is 2. The van der Waals surface area contributed by atoms with Crippen molar-refractivity contribution in [1.29, 1.82) is 0 Å². The minimum atomic E-state index is -0.250. The molecule has 1 unspecified atom stereocenters. The predicted molar refractivity (Wildman–Crippen MR) is 98.8 cm³/mol. The molecule has 0 fully saturated rings. The van der Waals surface area contributed by atoms with Crippen molar-refractivity contribution in [2.75, 3.05) is 0 Å². The minimum Gasteiger partial charge on any atom is -0.483 e. The van der Waals surface area contributed by atoms with Crippen molar-refractivity contribution >= 4 is 18.8 Å². The third-order valence-corrected chi connectivity index (χ3v) is 3.47. The summed E-state index contributed by atoms with van der Waals surface area (Å²) in [5, 5.41) is 6.89. The maximum Gasteiger partial charge on any atom is 0.290 e. The van der Waals surface area contributed by atoms with Crippen LogP contribution in [0.4, 0.5) is 0 Å². The average Bonchev–Trinajstić information content (AvgIpc) is 2.51. The van der Waals surface area contributed by atoms with Crippen LogP contribution in [0.3, 0.4) is 0 Å². The molecule has 3 N–H and O–H groups in total. The second-order valence-corrected chi connectivity index (χ2v) is 6.18. The molecule has 23 heavy (non-hydrogen) atoms. The molecule has 4 nitrogen and oxygen atoms in total. The van der Waals surface area contributed by atoms with E-state index in [4.69, 9.17) is 15.6 Å². The Morgan fingerprint density at radius 1 is 1.39 bits per heavy atom. The lowest BCUT2D eigenvalue weighted by Gasteiger charge is -2.23. The first-order valence-corrected chi connectivity index (χ1v) is 7.52. The summed E-state index contributed by atoms with van der Waals surface area (Å²) in [6.45, 7) is 15.8. The van der Waals surface area contributed by atoms with Gasteiger partial charge in [-0.25, -0.2) is 0 Å². The van der Waals surface area contributed by atoms with Gasteiger partial charge in [0.2, 0.25) is 0 Å². The maximum absolute atomic E-state index is 8.36. The highest BCUT2D eigenvalue weighted by Crippen LogP contribution is 2.30. The summed E-state index contributed by atoms with van der Waals surface area (Å²) < 4.78 is 0. The van der Waals surface area contributed by atoms with Crippen LogP contribution in [0.2, 0.25) is 0 Å². The van der Waals surface area contributed by atoms with Crippen LogP contribution in [0.15, 0.2) is 42.0 Å². The second kappa shape index (κ2) is 9.74. The quantitative estimate of drug-likeness (QED) is 0.482. The Kier molecular flexibility index (Phi) is 8.81. The summed E-state index contributed by atoms with van der Waals surface area (Å²) in [5.74, 6) is 0. The molecule has 0 heterocycles. The molecule has 126 valence electrons. The molecule has 4 heteroatoms. The fourth-order valence-electron chi connectivity index (χ4n) is 2.04. The number of hydrogen-bond acceptors (Lipinski definition) is 3. The first-order valence-electron chi connectivity index (χ1n) is 7.52. The number of carboxylic acid groups (broad SMARTS) is 1. The Morgan fingerprint density at radius 2 is 1.96 bits per heavy atom. The van der Waals surface area contributed by atoms with E-state index in [1.54, 1.807) is 12.3 Å². The van der Waals surface area contributed by atoms with E-state index < -0.39 is 0 Å². The highest BCUT2D eigenvalue weighted by molar-refractivity contribution is 5.74. The Labute approximate surface area is 139 Å². The van der Waals surface area contributed by atoms with Crippen LogP contribution in [-0.2, 0) is 10.2 Å². The molecule has 0 amide bonds. The normalized spacial score (nSPS) is 12.7. The minimum absolute atomic E-state index is 0.0544. The van der Waals surface area contributed by atoms with Gasteiger partial charge in [-0.1, -0.05) is 52.5 Å². The van der Waals surface area contributed by atoms with Gasteiger partial charge in [-0.2, -0.15) is 0 Å². The molecule has 0 saturated heterocycles. The van der Waals surface area contributed by atoms with Gasteiger partial charge in [-0.15, -0.1) is 0 Å². The number of nitrogens with zero attached hydrogens (tertiary/aromatic N) is 1. The standard InChI is InChI=1S/C18H26N2.CH2O2/c1-7-13(12-20-6)14-9-15(17(19)8-2)11-16(10-14)18(3,4)5;2-1-3/h7,9-12,17H,1,6,8,19H2,2-5H3;1H,(H,2,3)/b13-12+;. The average molecular weight is 316 g/mol. The number of aliphatic imine (C=N–C) groups is 1. The van der Waals surface area contributed by atoms with Crippen LogP contribution in [0.25, 0.3) is 5.57 Å². The first-order chi connectivity index (χ1) is 10.7. The molecule has 1 rings (SSSR count). The third-order valence-electron chi connectivity index (χ3n) is 3.47. The van der Waals surface area contributed by atoms with Crippen LogP contribution in [0.1, 0.15) is 56.8 Å². The lowest BCUT2D eigenvalue weighted by molar-refractivity contribution is -0.122. The molecule has 0 radical (unpaired) electrons. The molecule has 0 aliphatic carbocycles. The lowest BCUT2D eigenvalue weighted by atomic mass is 9.83. The molecule has 0 aromatic heterocycles.